The maximum Gasteiger partial charge on any atom is 0.320 e. The van der Waals surface area contributed by atoms with Crippen LogP contribution >= 0.6 is 11.8 Å². The van der Waals surface area contributed by atoms with E-state index in [4.69, 9.17) is 10.8 Å². The predicted octanol–water partition coefficient (Wildman–Crippen LogP) is 0.828. The molecular weight excluding hydrogens is 240 g/mol. The molecule has 0 aliphatic carbocycles. The van der Waals surface area contributed by atoms with Gasteiger partial charge in [-0.2, -0.15) is 11.8 Å². The lowest BCUT2D eigenvalue weighted by atomic mass is 10.2. The second-order valence-corrected chi connectivity index (χ2v) is 4.87. The summed E-state index contributed by atoms with van der Waals surface area (Å²) >= 11 is 1.60. The highest BCUT2D eigenvalue weighted by molar-refractivity contribution is 7.98. The van der Waals surface area contributed by atoms with Gasteiger partial charge in [0.2, 0.25) is 5.91 Å². The first kappa shape index (κ1) is 16.2. The number of carbonyl (C=O) groups is 2. The van der Waals surface area contributed by atoms with E-state index < -0.39 is 12.0 Å². The second kappa shape index (κ2) is 10.4. The van der Waals surface area contributed by atoms with E-state index in [9.17, 15) is 9.59 Å². The highest BCUT2D eigenvalue weighted by Crippen LogP contribution is 2.02. The molecule has 100 valence electrons. The number of thioether (sulfide) groups is 1. The summed E-state index contributed by atoms with van der Waals surface area (Å²) in [6.45, 7) is 0.888. The quantitative estimate of drug-likeness (QED) is 0.698. The zero-order valence-electron chi connectivity index (χ0n) is 10.3. The average molecular weight is 262 g/mol. The van der Waals surface area contributed by atoms with Gasteiger partial charge in [-0.3, -0.25) is 9.59 Å². The standard InChI is InChI=1S/C6H11NO.C5H11NO2S/c8-6-4-2-1-3-5-7-6;1-9-3-2-4(6)5(7)8/h1-5H2,(H,7,8);4H,2-3,6H2,1H3,(H,7,8). The van der Waals surface area contributed by atoms with Crippen LogP contribution in [0, 0.1) is 0 Å². The van der Waals surface area contributed by atoms with Gasteiger partial charge in [0.05, 0.1) is 0 Å². The molecule has 1 rings (SSSR count). The zero-order valence-corrected chi connectivity index (χ0v) is 11.1. The van der Waals surface area contributed by atoms with Gasteiger partial charge in [-0.1, -0.05) is 6.42 Å². The number of nitrogens with two attached hydrogens (primary N) is 1. The Hall–Kier alpha value is -0.750. The summed E-state index contributed by atoms with van der Waals surface area (Å²) in [6, 6.07) is -0.683. The normalized spacial score (nSPS) is 17.2. The smallest absolute Gasteiger partial charge is 0.320 e. The molecule has 1 atom stereocenters. The lowest BCUT2D eigenvalue weighted by molar-refractivity contribution is -0.138. The van der Waals surface area contributed by atoms with Gasteiger partial charge in [-0.15, -0.1) is 0 Å². The first-order valence-corrected chi connectivity index (χ1v) is 7.21. The van der Waals surface area contributed by atoms with E-state index in [-0.39, 0.29) is 5.91 Å². The van der Waals surface area contributed by atoms with Gasteiger partial charge in [0.1, 0.15) is 6.04 Å². The van der Waals surface area contributed by atoms with Crippen LogP contribution in [0.5, 0.6) is 0 Å². The third kappa shape index (κ3) is 10.1. The van der Waals surface area contributed by atoms with Gasteiger partial charge < -0.3 is 16.2 Å². The van der Waals surface area contributed by atoms with E-state index in [0.29, 0.717) is 6.42 Å². The number of carbonyl (C=O) groups excluding carboxylic acids is 1. The van der Waals surface area contributed by atoms with E-state index in [1.165, 1.54) is 6.42 Å². The number of rotatable bonds is 4. The van der Waals surface area contributed by atoms with Crippen molar-refractivity contribution in [2.75, 3.05) is 18.6 Å². The van der Waals surface area contributed by atoms with E-state index >= 15 is 0 Å². The molecule has 4 N–H and O–H groups in total. The number of hydrogen-bond acceptors (Lipinski definition) is 4. The van der Waals surface area contributed by atoms with E-state index in [2.05, 4.69) is 5.32 Å². The number of hydrogen-bond donors (Lipinski definition) is 3. The second-order valence-electron chi connectivity index (χ2n) is 3.89. The average Bonchev–Trinajstić information content (AvgIpc) is 2.54. The van der Waals surface area contributed by atoms with Gasteiger partial charge in [-0.25, -0.2) is 0 Å². The minimum Gasteiger partial charge on any atom is -0.480 e. The van der Waals surface area contributed by atoms with Crippen LogP contribution in [0.3, 0.4) is 0 Å². The van der Waals surface area contributed by atoms with Crippen LogP contribution in [0.4, 0.5) is 0 Å². The Labute approximate surface area is 107 Å². The fourth-order valence-electron chi connectivity index (χ4n) is 1.27. The molecule has 0 aromatic rings. The van der Waals surface area contributed by atoms with Crippen molar-refractivity contribution in [3.05, 3.63) is 0 Å². The van der Waals surface area contributed by atoms with E-state index in [0.717, 1.165) is 31.6 Å². The number of carboxylic acid groups (broad SMARTS) is 1. The zero-order chi connectivity index (χ0) is 13.1. The van der Waals surface area contributed by atoms with Crippen LogP contribution in [-0.4, -0.2) is 41.6 Å². The van der Waals surface area contributed by atoms with Gasteiger partial charge in [-0.05, 0) is 31.3 Å². The molecule has 0 aromatic carbocycles. The maximum atomic E-state index is 10.6. The molecule has 1 heterocycles. The molecule has 0 saturated carbocycles. The number of carboxylic acids is 1. The molecule has 5 nitrogen and oxygen atoms in total. The summed E-state index contributed by atoms with van der Waals surface area (Å²) in [4.78, 5) is 20.6. The molecule has 6 heteroatoms. The van der Waals surface area contributed by atoms with Gasteiger partial charge >= 0.3 is 5.97 Å². The molecule has 0 radical (unpaired) electrons. The van der Waals surface area contributed by atoms with Crippen LogP contribution < -0.4 is 11.1 Å². The molecule has 1 unspecified atom stereocenters. The van der Waals surface area contributed by atoms with Gasteiger partial charge in [0.15, 0.2) is 0 Å². The monoisotopic (exact) mass is 262 g/mol. The number of aliphatic carboxylic acids is 1. The summed E-state index contributed by atoms with van der Waals surface area (Å²) in [5.41, 5.74) is 5.19. The summed E-state index contributed by atoms with van der Waals surface area (Å²) in [6.07, 6.45) is 6.65. The summed E-state index contributed by atoms with van der Waals surface area (Å²) in [5, 5.41) is 11.1. The molecule has 0 spiro atoms. The molecule has 0 bridgehead atoms. The van der Waals surface area contributed by atoms with Crippen LogP contribution in [0.1, 0.15) is 32.1 Å². The summed E-state index contributed by atoms with van der Waals surface area (Å²) in [5.74, 6) is 0.125. The van der Waals surface area contributed by atoms with Crippen LogP contribution in [0.25, 0.3) is 0 Å². The maximum absolute atomic E-state index is 10.6. The van der Waals surface area contributed by atoms with Crippen molar-refractivity contribution < 1.29 is 14.7 Å². The highest BCUT2D eigenvalue weighted by Gasteiger charge is 2.09. The van der Waals surface area contributed by atoms with E-state index in [1.54, 1.807) is 11.8 Å². The molecule has 1 saturated heterocycles. The minimum atomic E-state index is -0.913. The van der Waals surface area contributed by atoms with Crippen molar-refractivity contribution in [1.82, 2.24) is 5.32 Å². The fourth-order valence-corrected chi connectivity index (χ4v) is 1.76. The van der Waals surface area contributed by atoms with Crippen molar-refractivity contribution in [1.29, 1.82) is 0 Å². The van der Waals surface area contributed by atoms with Crippen molar-refractivity contribution in [3.63, 3.8) is 0 Å². The van der Waals surface area contributed by atoms with Crippen molar-refractivity contribution in [2.45, 2.75) is 38.1 Å². The lowest BCUT2D eigenvalue weighted by Gasteiger charge is -2.02. The Bertz CT molecular complexity index is 227. The third-order valence-corrected chi connectivity index (χ3v) is 3.00. The Balaban J connectivity index is 0.000000302. The molecule has 1 aliphatic rings. The molecule has 1 aliphatic heterocycles. The van der Waals surface area contributed by atoms with Crippen molar-refractivity contribution in [2.24, 2.45) is 5.73 Å². The van der Waals surface area contributed by atoms with Crippen LogP contribution in [-0.2, 0) is 9.59 Å². The van der Waals surface area contributed by atoms with Crippen molar-refractivity contribution >= 4 is 23.6 Å². The highest BCUT2D eigenvalue weighted by atomic mass is 32.2. The third-order valence-electron chi connectivity index (χ3n) is 2.35. The molecule has 0 aromatic heterocycles. The first-order valence-electron chi connectivity index (χ1n) is 5.82. The number of nitrogens with one attached hydrogen (secondary N) is 1. The Morgan fingerprint density at radius 2 is 2.24 bits per heavy atom. The van der Waals surface area contributed by atoms with Crippen molar-refractivity contribution in [3.8, 4) is 0 Å². The fraction of sp³-hybridized carbons (Fsp3) is 0.818. The Kier molecular flexibility index (Phi) is 9.95. The molecule has 17 heavy (non-hydrogen) atoms. The largest absolute Gasteiger partial charge is 0.480 e. The first-order chi connectivity index (χ1) is 8.07. The van der Waals surface area contributed by atoms with E-state index in [1.807, 2.05) is 6.26 Å². The Morgan fingerprint density at radius 1 is 1.53 bits per heavy atom. The topological polar surface area (TPSA) is 92.4 Å². The number of amides is 1. The van der Waals surface area contributed by atoms with Gasteiger partial charge in [0.25, 0.3) is 0 Å². The summed E-state index contributed by atoms with van der Waals surface area (Å²) in [7, 11) is 0. The minimum absolute atomic E-state index is 0.225. The van der Waals surface area contributed by atoms with Crippen LogP contribution in [0.15, 0.2) is 0 Å². The lowest BCUT2D eigenvalue weighted by Crippen LogP contribution is -2.30. The summed E-state index contributed by atoms with van der Waals surface area (Å²) < 4.78 is 0. The predicted molar refractivity (Wildman–Crippen MR) is 70.1 cm³/mol. The Morgan fingerprint density at radius 3 is 2.82 bits per heavy atom. The van der Waals surface area contributed by atoms with Crippen LogP contribution in [0.2, 0.25) is 0 Å². The SMILES string of the molecule is CSCCC(N)C(=O)O.O=C1CCCCCN1. The molecule has 1 fully saturated rings. The molecule has 1 amide bonds. The molecular formula is C11H22N2O3S. The van der Waals surface area contributed by atoms with Gasteiger partial charge in [0, 0.05) is 13.0 Å².